The summed E-state index contributed by atoms with van der Waals surface area (Å²) in [7, 11) is 0. The Kier molecular flexibility index (Phi) is 4.91. The second-order valence-corrected chi connectivity index (χ2v) is 7.88. The van der Waals surface area contributed by atoms with E-state index in [2.05, 4.69) is 17.1 Å². The van der Waals surface area contributed by atoms with Crippen LogP contribution >= 0.6 is 0 Å². The first-order chi connectivity index (χ1) is 13.5. The van der Waals surface area contributed by atoms with Gasteiger partial charge in [0.05, 0.1) is 22.6 Å². The van der Waals surface area contributed by atoms with Gasteiger partial charge in [-0.2, -0.15) is 5.10 Å². The lowest BCUT2D eigenvalue weighted by atomic mass is 9.90. The summed E-state index contributed by atoms with van der Waals surface area (Å²) in [5.41, 5.74) is 4.52. The molecule has 1 fully saturated rings. The predicted molar refractivity (Wildman–Crippen MR) is 106 cm³/mol. The quantitative estimate of drug-likeness (QED) is 0.688. The largest absolute Gasteiger partial charge is 0.356 e. The van der Waals surface area contributed by atoms with Gasteiger partial charge in [-0.3, -0.25) is 4.79 Å². The molecule has 0 saturated carbocycles. The van der Waals surface area contributed by atoms with Gasteiger partial charge in [-0.1, -0.05) is 19.0 Å². The summed E-state index contributed by atoms with van der Waals surface area (Å²) in [6.07, 6.45) is 4.69. The predicted octanol–water partition coefficient (Wildman–Crippen LogP) is 3.75. The summed E-state index contributed by atoms with van der Waals surface area (Å²) in [6.45, 7) is 9.47. The monoisotopic (exact) mass is 381 g/mol. The smallest absolute Gasteiger partial charge is 0.225 e. The van der Waals surface area contributed by atoms with Gasteiger partial charge in [0.25, 0.3) is 0 Å². The van der Waals surface area contributed by atoms with Crippen molar-refractivity contribution in [2.45, 2.75) is 52.9 Å². The molecular weight excluding hydrogens is 354 g/mol. The molecular formula is C21H27N5O2. The summed E-state index contributed by atoms with van der Waals surface area (Å²) in [5, 5.41) is 8.74. The van der Waals surface area contributed by atoms with Crippen LogP contribution in [0.1, 0.15) is 56.1 Å². The van der Waals surface area contributed by atoms with Crippen LogP contribution in [0.2, 0.25) is 0 Å². The van der Waals surface area contributed by atoms with Crippen molar-refractivity contribution in [1.82, 2.24) is 24.7 Å². The maximum atomic E-state index is 12.8. The Balaban J connectivity index is 1.78. The molecule has 7 heteroatoms. The summed E-state index contributed by atoms with van der Waals surface area (Å²) >= 11 is 0. The Morgan fingerprint density at radius 3 is 2.86 bits per heavy atom. The molecule has 148 valence electrons. The minimum atomic E-state index is 0.0551. The first kappa shape index (κ1) is 18.7. The molecule has 1 saturated heterocycles. The van der Waals surface area contributed by atoms with Crippen molar-refractivity contribution in [3.05, 3.63) is 35.4 Å². The maximum Gasteiger partial charge on any atom is 0.225 e. The number of amides is 1. The third kappa shape index (κ3) is 3.30. The lowest BCUT2D eigenvalue weighted by molar-refractivity contribution is -0.136. The van der Waals surface area contributed by atoms with Crippen LogP contribution < -0.4 is 0 Å². The van der Waals surface area contributed by atoms with E-state index in [4.69, 9.17) is 9.62 Å². The van der Waals surface area contributed by atoms with E-state index in [1.807, 2.05) is 48.5 Å². The zero-order valence-corrected chi connectivity index (χ0v) is 17.0. The number of likely N-dealkylation sites (tertiary alicyclic amines) is 1. The van der Waals surface area contributed by atoms with Crippen molar-refractivity contribution < 1.29 is 9.32 Å². The summed E-state index contributed by atoms with van der Waals surface area (Å²) in [5.74, 6) is 1.16. The molecule has 2 unspecified atom stereocenters. The topological polar surface area (TPSA) is 76.5 Å². The van der Waals surface area contributed by atoms with E-state index >= 15 is 0 Å². The highest BCUT2D eigenvalue weighted by Crippen LogP contribution is 2.35. The molecule has 3 aromatic heterocycles. The highest BCUT2D eigenvalue weighted by Gasteiger charge is 2.31. The zero-order chi connectivity index (χ0) is 19.8. The fourth-order valence-electron chi connectivity index (χ4n) is 4.03. The molecule has 0 aliphatic carbocycles. The van der Waals surface area contributed by atoms with Crippen LogP contribution in [0.5, 0.6) is 0 Å². The van der Waals surface area contributed by atoms with Gasteiger partial charge in [0.2, 0.25) is 5.91 Å². The number of hydrogen-bond donors (Lipinski definition) is 0. The lowest BCUT2D eigenvalue weighted by Gasteiger charge is -2.35. The van der Waals surface area contributed by atoms with E-state index in [1.54, 1.807) is 0 Å². The number of aromatic nitrogens is 4. The average molecular weight is 381 g/mol. The van der Waals surface area contributed by atoms with Crippen molar-refractivity contribution in [3.8, 4) is 11.3 Å². The average Bonchev–Trinajstić information content (AvgIpc) is 3.30. The van der Waals surface area contributed by atoms with Crippen molar-refractivity contribution in [2.75, 3.05) is 13.1 Å². The van der Waals surface area contributed by atoms with Gasteiger partial charge in [-0.25, -0.2) is 9.50 Å². The highest BCUT2D eigenvalue weighted by atomic mass is 16.5. The number of piperidine rings is 1. The van der Waals surface area contributed by atoms with Gasteiger partial charge in [0, 0.05) is 43.3 Å². The van der Waals surface area contributed by atoms with E-state index in [-0.39, 0.29) is 17.7 Å². The molecule has 2 atom stereocenters. The van der Waals surface area contributed by atoms with E-state index in [0.29, 0.717) is 12.3 Å². The molecule has 1 aliphatic rings. The van der Waals surface area contributed by atoms with Crippen LogP contribution in [-0.4, -0.2) is 43.7 Å². The lowest BCUT2D eigenvalue weighted by Crippen LogP contribution is -2.42. The molecule has 3 aromatic rings. The Labute approximate surface area is 164 Å². The first-order valence-electron chi connectivity index (χ1n) is 10.1. The van der Waals surface area contributed by atoms with Gasteiger partial charge in [0.1, 0.15) is 0 Å². The van der Waals surface area contributed by atoms with Crippen LogP contribution in [0.25, 0.3) is 17.0 Å². The Morgan fingerprint density at radius 1 is 1.32 bits per heavy atom. The number of carbonyl (C=O) groups is 1. The molecule has 28 heavy (non-hydrogen) atoms. The zero-order valence-electron chi connectivity index (χ0n) is 17.0. The number of nitrogens with zero attached hydrogens (tertiary/aromatic N) is 5. The number of carbonyl (C=O) groups excluding carboxylic acids is 1. The van der Waals surface area contributed by atoms with E-state index in [1.165, 1.54) is 0 Å². The molecule has 4 heterocycles. The Bertz CT molecular complexity index is 1010. The summed E-state index contributed by atoms with van der Waals surface area (Å²) in [6, 6.07) is 3.90. The minimum Gasteiger partial charge on any atom is -0.356 e. The number of fused-ring (bicyclic) bond motifs is 1. The Morgan fingerprint density at radius 2 is 2.14 bits per heavy atom. The second kappa shape index (κ2) is 7.37. The Hall–Kier alpha value is -2.70. The van der Waals surface area contributed by atoms with Gasteiger partial charge < -0.3 is 9.42 Å². The standard InChI is InChI=1S/C21H27N5O2/c1-5-13(2)21(27)25-8-6-7-16(12-25)20-17(18-9-15(4)24-28-18)11-22-19-10-14(3)23-26(19)20/h9-11,13,16H,5-8,12H2,1-4H3. The third-order valence-corrected chi connectivity index (χ3v) is 5.69. The van der Waals surface area contributed by atoms with E-state index in [9.17, 15) is 4.79 Å². The second-order valence-electron chi connectivity index (χ2n) is 7.88. The highest BCUT2D eigenvalue weighted by molar-refractivity contribution is 5.78. The molecule has 1 amide bonds. The molecule has 0 bridgehead atoms. The van der Waals surface area contributed by atoms with Crippen LogP contribution in [0, 0.1) is 19.8 Å². The molecule has 0 N–H and O–H groups in total. The van der Waals surface area contributed by atoms with Gasteiger partial charge >= 0.3 is 0 Å². The van der Waals surface area contributed by atoms with Crippen molar-refractivity contribution >= 4 is 11.6 Å². The number of rotatable bonds is 4. The normalized spacial score (nSPS) is 18.6. The van der Waals surface area contributed by atoms with Gasteiger partial charge in [-0.15, -0.1) is 0 Å². The third-order valence-electron chi connectivity index (χ3n) is 5.69. The van der Waals surface area contributed by atoms with Crippen LogP contribution in [0.4, 0.5) is 0 Å². The van der Waals surface area contributed by atoms with Crippen LogP contribution in [0.15, 0.2) is 22.9 Å². The SMILES string of the molecule is CCC(C)C(=O)N1CCCC(c2c(-c3cc(C)no3)cnc3cc(C)nn23)C1. The number of hydrogen-bond acceptors (Lipinski definition) is 5. The maximum absolute atomic E-state index is 12.8. The van der Waals surface area contributed by atoms with Gasteiger partial charge in [-0.05, 0) is 33.1 Å². The summed E-state index contributed by atoms with van der Waals surface area (Å²) < 4.78 is 7.48. The van der Waals surface area contributed by atoms with Crippen LogP contribution in [-0.2, 0) is 4.79 Å². The van der Waals surface area contributed by atoms with Crippen LogP contribution in [0.3, 0.4) is 0 Å². The molecule has 7 nitrogen and oxygen atoms in total. The van der Waals surface area contributed by atoms with Gasteiger partial charge in [0.15, 0.2) is 11.4 Å². The van der Waals surface area contributed by atoms with Crippen molar-refractivity contribution in [2.24, 2.45) is 5.92 Å². The van der Waals surface area contributed by atoms with E-state index < -0.39 is 0 Å². The fourth-order valence-corrected chi connectivity index (χ4v) is 4.03. The molecule has 0 radical (unpaired) electrons. The molecule has 1 aliphatic heterocycles. The summed E-state index contributed by atoms with van der Waals surface area (Å²) in [4.78, 5) is 19.4. The number of aryl methyl sites for hydroxylation is 2. The minimum absolute atomic E-state index is 0.0551. The van der Waals surface area contributed by atoms with E-state index in [0.717, 1.165) is 54.1 Å². The molecule has 0 spiro atoms. The van der Waals surface area contributed by atoms with Crippen molar-refractivity contribution in [3.63, 3.8) is 0 Å². The molecule has 0 aromatic carbocycles. The first-order valence-corrected chi connectivity index (χ1v) is 10.1. The molecule has 4 rings (SSSR count). The fraction of sp³-hybridized carbons (Fsp3) is 0.524. The van der Waals surface area contributed by atoms with Crippen molar-refractivity contribution in [1.29, 1.82) is 0 Å².